The standard InChI is InChI=1S/C8H14O2PS/c1-2-3-6-11(9,10)8-5-4-7-12-8/h4-5,7,9-10H,2-3,6H2,1H3/q+1. The van der Waals surface area contributed by atoms with Crippen LogP contribution in [0.3, 0.4) is 0 Å². The topological polar surface area (TPSA) is 40.5 Å². The summed E-state index contributed by atoms with van der Waals surface area (Å²) in [6.45, 7) is 2.05. The highest BCUT2D eigenvalue weighted by Gasteiger charge is 2.36. The van der Waals surface area contributed by atoms with Gasteiger partial charge in [0.1, 0.15) is 6.16 Å². The van der Waals surface area contributed by atoms with Crippen molar-refractivity contribution in [3.8, 4) is 0 Å². The molecule has 0 bridgehead atoms. The Morgan fingerprint density at radius 2 is 2.25 bits per heavy atom. The van der Waals surface area contributed by atoms with Crippen molar-refractivity contribution in [3.63, 3.8) is 0 Å². The zero-order valence-electron chi connectivity index (χ0n) is 7.10. The third-order valence-electron chi connectivity index (χ3n) is 1.68. The molecule has 0 atom stereocenters. The Bertz CT molecular complexity index is 221. The highest BCUT2D eigenvalue weighted by Crippen LogP contribution is 2.50. The van der Waals surface area contributed by atoms with E-state index in [1.54, 1.807) is 6.07 Å². The van der Waals surface area contributed by atoms with Crippen molar-refractivity contribution in [2.24, 2.45) is 0 Å². The van der Waals surface area contributed by atoms with Crippen molar-refractivity contribution < 1.29 is 9.79 Å². The van der Waals surface area contributed by atoms with Crippen LogP contribution in [0.25, 0.3) is 0 Å². The summed E-state index contributed by atoms with van der Waals surface area (Å²) in [7, 11) is -2.75. The molecule has 0 aliphatic heterocycles. The molecule has 0 aliphatic carbocycles. The van der Waals surface area contributed by atoms with Gasteiger partial charge in [0.25, 0.3) is 0 Å². The Balaban J connectivity index is 2.59. The molecule has 2 nitrogen and oxygen atoms in total. The number of rotatable bonds is 4. The maximum absolute atomic E-state index is 9.68. The number of thiophene rings is 1. The maximum Gasteiger partial charge on any atom is 0.309 e. The van der Waals surface area contributed by atoms with E-state index in [4.69, 9.17) is 0 Å². The molecule has 4 heteroatoms. The number of unbranched alkanes of at least 4 members (excludes halogenated alkanes) is 1. The fourth-order valence-corrected chi connectivity index (χ4v) is 3.85. The lowest BCUT2D eigenvalue weighted by Gasteiger charge is -2.08. The minimum atomic E-state index is -2.75. The van der Waals surface area contributed by atoms with Gasteiger partial charge in [0.05, 0.1) is 0 Å². The first-order chi connectivity index (χ1) is 5.67. The molecule has 68 valence electrons. The van der Waals surface area contributed by atoms with Crippen LogP contribution in [0.5, 0.6) is 0 Å². The quantitative estimate of drug-likeness (QED) is 0.738. The van der Waals surface area contributed by atoms with E-state index < -0.39 is 7.72 Å². The molecule has 0 saturated heterocycles. The normalized spacial score (nSPS) is 11.9. The van der Waals surface area contributed by atoms with E-state index in [-0.39, 0.29) is 0 Å². The first-order valence-electron chi connectivity index (χ1n) is 4.04. The van der Waals surface area contributed by atoms with E-state index in [1.165, 1.54) is 11.3 Å². The predicted octanol–water partition coefficient (Wildman–Crippen LogP) is 2.01. The lowest BCUT2D eigenvalue weighted by molar-refractivity contribution is 0.462. The Morgan fingerprint density at radius 3 is 2.75 bits per heavy atom. The summed E-state index contributed by atoms with van der Waals surface area (Å²) in [5, 5.41) is 1.88. The van der Waals surface area contributed by atoms with Crippen LogP contribution in [0.2, 0.25) is 0 Å². The van der Waals surface area contributed by atoms with Gasteiger partial charge in [-0.1, -0.05) is 13.3 Å². The molecule has 0 unspecified atom stereocenters. The van der Waals surface area contributed by atoms with Crippen molar-refractivity contribution in [2.45, 2.75) is 19.8 Å². The van der Waals surface area contributed by atoms with Gasteiger partial charge in [-0.3, -0.25) is 0 Å². The predicted molar refractivity (Wildman–Crippen MR) is 55.1 cm³/mol. The molecule has 12 heavy (non-hydrogen) atoms. The van der Waals surface area contributed by atoms with E-state index in [2.05, 4.69) is 6.92 Å². The molecule has 1 rings (SSSR count). The second kappa shape index (κ2) is 4.33. The molecule has 2 N–H and O–H groups in total. The van der Waals surface area contributed by atoms with Gasteiger partial charge in [0, 0.05) is 0 Å². The highest BCUT2D eigenvalue weighted by atomic mass is 32.1. The molecule has 0 aliphatic rings. The third-order valence-corrected chi connectivity index (χ3v) is 5.34. The van der Waals surface area contributed by atoms with Gasteiger partial charge >= 0.3 is 7.72 Å². The van der Waals surface area contributed by atoms with Crippen LogP contribution in [0.15, 0.2) is 17.5 Å². The molecular formula is C8H14O2PS+. The molecule has 0 amide bonds. The molecule has 0 saturated carbocycles. The first kappa shape index (κ1) is 10.1. The van der Waals surface area contributed by atoms with E-state index in [9.17, 15) is 9.79 Å². The van der Waals surface area contributed by atoms with Crippen LogP contribution in [0.1, 0.15) is 19.8 Å². The summed E-state index contributed by atoms with van der Waals surface area (Å²) in [5.74, 6) is 0. The largest absolute Gasteiger partial charge is 0.309 e. The van der Waals surface area contributed by atoms with Gasteiger partial charge in [0.15, 0.2) is 0 Å². The molecule has 0 radical (unpaired) electrons. The summed E-state index contributed by atoms with van der Waals surface area (Å²) in [6, 6.07) is 3.65. The third kappa shape index (κ3) is 2.53. The average Bonchev–Trinajstić information content (AvgIpc) is 2.53. The summed E-state index contributed by atoms with van der Waals surface area (Å²) in [6.07, 6.45) is 2.43. The SMILES string of the molecule is CCCC[P+](O)(O)c1cccs1. The van der Waals surface area contributed by atoms with Gasteiger partial charge in [-0.05, 0) is 23.9 Å². The van der Waals surface area contributed by atoms with Gasteiger partial charge in [-0.15, -0.1) is 11.3 Å². The molecule has 1 aromatic rings. The number of hydrogen-bond donors (Lipinski definition) is 2. The van der Waals surface area contributed by atoms with Crippen LogP contribution in [0, 0.1) is 0 Å². The van der Waals surface area contributed by atoms with Gasteiger partial charge < -0.3 is 0 Å². The van der Waals surface area contributed by atoms with Crippen LogP contribution in [-0.2, 0) is 0 Å². The lowest BCUT2D eigenvalue weighted by Crippen LogP contribution is -2.09. The smallest absolute Gasteiger partial charge is 0.214 e. The fraction of sp³-hybridized carbons (Fsp3) is 0.500. The molecule has 1 aromatic heterocycles. The average molecular weight is 205 g/mol. The molecule has 0 spiro atoms. The maximum atomic E-state index is 9.68. The Morgan fingerprint density at radius 1 is 1.50 bits per heavy atom. The van der Waals surface area contributed by atoms with Crippen molar-refractivity contribution >= 4 is 23.7 Å². The summed E-state index contributed by atoms with van der Waals surface area (Å²) >= 11 is 1.43. The zero-order valence-corrected chi connectivity index (χ0v) is 8.81. The summed E-state index contributed by atoms with van der Waals surface area (Å²) < 4.78 is 0.746. The van der Waals surface area contributed by atoms with Crippen LogP contribution in [0.4, 0.5) is 0 Å². The minimum Gasteiger partial charge on any atom is -0.214 e. The van der Waals surface area contributed by atoms with Crippen molar-refractivity contribution in [1.29, 1.82) is 0 Å². The summed E-state index contributed by atoms with van der Waals surface area (Å²) in [5.41, 5.74) is 0. The molecule has 0 fully saturated rings. The van der Waals surface area contributed by atoms with Gasteiger partial charge in [0.2, 0.25) is 4.62 Å². The van der Waals surface area contributed by atoms with Crippen LogP contribution >= 0.6 is 19.1 Å². The second-order valence-electron chi connectivity index (χ2n) is 2.76. The van der Waals surface area contributed by atoms with Crippen molar-refractivity contribution in [1.82, 2.24) is 0 Å². The first-order valence-corrected chi connectivity index (χ1v) is 6.80. The van der Waals surface area contributed by atoms with Gasteiger partial charge in [-0.2, -0.15) is 0 Å². The highest BCUT2D eigenvalue weighted by molar-refractivity contribution is 7.77. The van der Waals surface area contributed by atoms with E-state index >= 15 is 0 Å². The Hall–Kier alpha value is 0.0500. The number of hydrogen-bond acceptors (Lipinski definition) is 3. The zero-order chi connectivity index (χ0) is 9.03. The van der Waals surface area contributed by atoms with Crippen molar-refractivity contribution in [2.75, 3.05) is 6.16 Å². The molecule has 0 aromatic carbocycles. The molecular weight excluding hydrogens is 191 g/mol. The Labute approximate surface area is 77.4 Å². The monoisotopic (exact) mass is 205 g/mol. The second-order valence-corrected chi connectivity index (χ2v) is 6.40. The summed E-state index contributed by atoms with van der Waals surface area (Å²) in [4.78, 5) is 19.4. The lowest BCUT2D eigenvalue weighted by atomic mass is 10.4. The van der Waals surface area contributed by atoms with E-state index in [0.29, 0.717) is 6.16 Å². The van der Waals surface area contributed by atoms with Crippen LogP contribution in [-0.4, -0.2) is 15.9 Å². The fourth-order valence-electron chi connectivity index (χ4n) is 0.962. The van der Waals surface area contributed by atoms with E-state index in [1.807, 2.05) is 11.4 Å². The van der Waals surface area contributed by atoms with Crippen molar-refractivity contribution in [3.05, 3.63) is 17.5 Å². The Kier molecular flexibility index (Phi) is 3.66. The molecule has 1 heterocycles. The van der Waals surface area contributed by atoms with Gasteiger partial charge in [-0.25, -0.2) is 9.79 Å². The minimum absolute atomic E-state index is 0.532. The van der Waals surface area contributed by atoms with Crippen LogP contribution < -0.4 is 4.62 Å². The van der Waals surface area contributed by atoms with E-state index in [0.717, 1.165) is 17.5 Å².